The van der Waals surface area contributed by atoms with Crippen molar-refractivity contribution in [3.63, 3.8) is 0 Å². The smallest absolute Gasteiger partial charge is 0.341 e. The van der Waals surface area contributed by atoms with Gasteiger partial charge in [0.05, 0.1) is 5.75 Å². The molecule has 0 saturated heterocycles. The van der Waals surface area contributed by atoms with Gasteiger partial charge in [0.15, 0.2) is 6.61 Å². The predicted molar refractivity (Wildman–Crippen MR) is 74.7 cm³/mol. The van der Waals surface area contributed by atoms with E-state index >= 15 is 0 Å². The van der Waals surface area contributed by atoms with Crippen LogP contribution < -0.4 is 10.1 Å². The third-order valence-electron chi connectivity index (χ3n) is 2.30. The van der Waals surface area contributed by atoms with E-state index in [1.54, 1.807) is 12.1 Å². The van der Waals surface area contributed by atoms with Crippen LogP contribution in [0.4, 0.5) is 0 Å². The molecule has 0 fully saturated rings. The van der Waals surface area contributed by atoms with Gasteiger partial charge in [-0.25, -0.2) is 4.79 Å². The van der Waals surface area contributed by atoms with E-state index in [2.05, 4.69) is 5.32 Å². The number of ether oxygens (including phenoxy) is 1. The Labute approximate surface area is 116 Å². The second-order valence-corrected chi connectivity index (χ2v) is 4.73. The number of aliphatic carboxylic acids is 1. The summed E-state index contributed by atoms with van der Waals surface area (Å²) in [6, 6.07) is 7.17. The second kappa shape index (κ2) is 8.42. The zero-order chi connectivity index (χ0) is 14.1. The Balaban J connectivity index is 2.31. The predicted octanol–water partition coefficient (Wildman–Crippen LogP) is 1.17. The van der Waals surface area contributed by atoms with Crippen molar-refractivity contribution < 1.29 is 19.4 Å². The first-order valence-corrected chi connectivity index (χ1v) is 7.20. The largest absolute Gasteiger partial charge is 0.482 e. The number of hydrogen-bond donors (Lipinski definition) is 2. The number of carboxylic acids is 1. The molecule has 1 amide bonds. The highest BCUT2D eigenvalue weighted by Crippen LogP contribution is 2.12. The summed E-state index contributed by atoms with van der Waals surface area (Å²) in [5.74, 6) is 0.0363. The number of benzene rings is 1. The number of amides is 1. The summed E-state index contributed by atoms with van der Waals surface area (Å²) in [7, 11) is 0. The molecule has 1 aromatic rings. The van der Waals surface area contributed by atoms with Crippen molar-refractivity contribution in [2.45, 2.75) is 6.42 Å². The van der Waals surface area contributed by atoms with Gasteiger partial charge in [-0.2, -0.15) is 11.8 Å². The van der Waals surface area contributed by atoms with Gasteiger partial charge < -0.3 is 15.2 Å². The molecule has 0 spiro atoms. The molecule has 104 valence electrons. The maximum absolute atomic E-state index is 11.2. The van der Waals surface area contributed by atoms with Crippen molar-refractivity contribution in [1.82, 2.24) is 5.32 Å². The average Bonchev–Trinajstić information content (AvgIpc) is 2.38. The van der Waals surface area contributed by atoms with Crippen LogP contribution in [0, 0.1) is 0 Å². The van der Waals surface area contributed by atoms with E-state index in [4.69, 9.17) is 9.84 Å². The molecule has 0 aliphatic carbocycles. The van der Waals surface area contributed by atoms with Gasteiger partial charge in [0.1, 0.15) is 5.75 Å². The highest BCUT2D eigenvalue weighted by atomic mass is 32.2. The zero-order valence-corrected chi connectivity index (χ0v) is 11.5. The molecular weight excluding hydrogens is 266 g/mol. The molecule has 1 aromatic carbocycles. The Kier molecular flexibility index (Phi) is 6.81. The molecule has 0 atom stereocenters. The number of hydrogen-bond acceptors (Lipinski definition) is 4. The highest BCUT2D eigenvalue weighted by Gasteiger charge is 2.01. The third-order valence-corrected chi connectivity index (χ3v) is 2.85. The number of carbonyl (C=O) groups excluding carboxylic acids is 1. The van der Waals surface area contributed by atoms with Gasteiger partial charge in [0, 0.05) is 6.54 Å². The van der Waals surface area contributed by atoms with E-state index in [0.717, 1.165) is 12.0 Å². The maximum Gasteiger partial charge on any atom is 0.341 e. The third kappa shape index (κ3) is 6.71. The molecule has 6 heteroatoms. The summed E-state index contributed by atoms with van der Waals surface area (Å²) in [6.45, 7) is 0.249. The Hall–Kier alpha value is -1.69. The lowest BCUT2D eigenvalue weighted by Gasteiger charge is -2.06. The molecular formula is C13H17NO4S. The van der Waals surface area contributed by atoms with Crippen molar-refractivity contribution >= 4 is 23.6 Å². The Morgan fingerprint density at radius 1 is 1.32 bits per heavy atom. The fourth-order valence-electron chi connectivity index (χ4n) is 1.43. The van der Waals surface area contributed by atoms with Gasteiger partial charge in [-0.15, -0.1) is 0 Å². The minimum atomic E-state index is -0.999. The Morgan fingerprint density at radius 3 is 2.58 bits per heavy atom. The standard InChI is InChI=1S/C13H17NO4S/c1-19-9-12(15)14-7-6-10-2-4-11(5-3-10)18-8-13(16)17/h2-5H,6-9H2,1H3,(H,14,15)(H,16,17). The van der Waals surface area contributed by atoms with Crippen LogP contribution in [0.2, 0.25) is 0 Å². The Bertz CT molecular complexity index is 419. The molecule has 1 rings (SSSR count). The van der Waals surface area contributed by atoms with Crippen molar-refractivity contribution in [3.05, 3.63) is 29.8 Å². The minimum absolute atomic E-state index is 0.0360. The van der Waals surface area contributed by atoms with E-state index in [1.807, 2.05) is 18.4 Å². The molecule has 0 bridgehead atoms. The molecule has 0 saturated carbocycles. The van der Waals surface area contributed by atoms with Crippen LogP contribution in [0.1, 0.15) is 5.56 Å². The first-order valence-electron chi connectivity index (χ1n) is 5.81. The van der Waals surface area contributed by atoms with Gasteiger partial charge in [-0.1, -0.05) is 12.1 Å². The highest BCUT2D eigenvalue weighted by molar-refractivity contribution is 7.99. The molecule has 19 heavy (non-hydrogen) atoms. The number of carboxylic acid groups (broad SMARTS) is 1. The minimum Gasteiger partial charge on any atom is -0.482 e. The molecule has 2 N–H and O–H groups in total. The summed E-state index contributed by atoms with van der Waals surface area (Å²) in [5, 5.41) is 11.3. The monoisotopic (exact) mass is 283 g/mol. The molecule has 0 aliphatic heterocycles. The number of carbonyl (C=O) groups is 2. The van der Waals surface area contributed by atoms with Crippen molar-refractivity contribution in [2.75, 3.05) is 25.2 Å². The summed E-state index contributed by atoms with van der Waals surface area (Å²) >= 11 is 1.49. The van der Waals surface area contributed by atoms with Crippen LogP contribution in [-0.4, -0.2) is 42.1 Å². The first-order chi connectivity index (χ1) is 9.11. The Morgan fingerprint density at radius 2 is 2.00 bits per heavy atom. The summed E-state index contributed by atoms with van der Waals surface area (Å²) in [5.41, 5.74) is 1.06. The number of nitrogens with one attached hydrogen (secondary N) is 1. The SMILES string of the molecule is CSCC(=O)NCCc1ccc(OCC(=O)O)cc1. The van der Waals surface area contributed by atoms with E-state index in [1.165, 1.54) is 11.8 Å². The van der Waals surface area contributed by atoms with Crippen molar-refractivity contribution in [1.29, 1.82) is 0 Å². The fourth-order valence-corrected chi connectivity index (χ4v) is 1.79. The number of rotatable bonds is 8. The van der Waals surface area contributed by atoms with Crippen LogP contribution in [0.5, 0.6) is 5.75 Å². The molecule has 0 aliphatic rings. The lowest BCUT2D eigenvalue weighted by molar-refractivity contribution is -0.139. The van der Waals surface area contributed by atoms with Crippen LogP contribution in [0.15, 0.2) is 24.3 Å². The molecule has 5 nitrogen and oxygen atoms in total. The topological polar surface area (TPSA) is 75.6 Å². The normalized spacial score (nSPS) is 9.95. The lowest BCUT2D eigenvalue weighted by atomic mass is 10.1. The maximum atomic E-state index is 11.2. The van der Waals surface area contributed by atoms with Gasteiger partial charge in [0.25, 0.3) is 0 Å². The van der Waals surface area contributed by atoms with E-state index < -0.39 is 5.97 Å². The quantitative estimate of drug-likeness (QED) is 0.749. The van der Waals surface area contributed by atoms with E-state index in [0.29, 0.717) is 18.0 Å². The lowest BCUT2D eigenvalue weighted by Crippen LogP contribution is -2.27. The summed E-state index contributed by atoms with van der Waals surface area (Å²) < 4.78 is 5.03. The second-order valence-electron chi connectivity index (χ2n) is 3.86. The molecule has 0 radical (unpaired) electrons. The molecule has 0 heterocycles. The van der Waals surface area contributed by atoms with Crippen molar-refractivity contribution in [2.24, 2.45) is 0 Å². The summed E-state index contributed by atoms with van der Waals surface area (Å²) in [4.78, 5) is 21.6. The van der Waals surface area contributed by atoms with Crippen LogP contribution in [0.25, 0.3) is 0 Å². The van der Waals surface area contributed by atoms with E-state index in [9.17, 15) is 9.59 Å². The van der Waals surface area contributed by atoms with Gasteiger partial charge in [-0.05, 0) is 30.4 Å². The summed E-state index contributed by atoms with van der Waals surface area (Å²) in [6.07, 6.45) is 2.62. The zero-order valence-electron chi connectivity index (χ0n) is 10.7. The molecule has 0 aromatic heterocycles. The van der Waals surface area contributed by atoms with Crippen LogP contribution in [-0.2, 0) is 16.0 Å². The first kappa shape index (κ1) is 15.4. The number of thioether (sulfide) groups is 1. The van der Waals surface area contributed by atoms with Gasteiger partial charge >= 0.3 is 5.97 Å². The molecule has 0 unspecified atom stereocenters. The van der Waals surface area contributed by atoms with Crippen LogP contribution in [0.3, 0.4) is 0 Å². The van der Waals surface area contributed by atoms with Gasteiger partial charge in [0.2, 0.25) is 5.91 Å². The van der Waals surface area contributed by atoms with Crippen LogP contribution >= 0.6 is 11.8 Å². The fraction of sp³-hybridized carbons (Fsp3) is 0.385. The van der Waals surface area contributed by atoms with Gasteiger partial charge in [-0.3, -0.25) is 4.79 Å². The van der Waals surface area contributed by atoms with E-state index in [-0.39, 0.29) is 12.5 Å². The van der Waals surface area contributed by atoms with Crippen molar-refractivity contribution in [3.8, 4) is 5.75 Å². The average molecular weight is 283 g/mol.